The molecule has 0 fully saturated rings. The van der Waals surface area contributed by atoms with E-state index in [9.17, 15) is 9.90 Å². The van der Waals surface area contributed by atoms with Gasteiger partial charge in [-0.15, -0.1) is 0 Å². The Morgan fingerprint density at radius 1 is 0.857 bits per heavy atom. The molecular formula is C27H22ClN4O2S-. The Balaban J connectivity index is 0.00000289. The minimum absolute atomic E-state index is 0. The second kappa shape index (κ2) is 10.7. The van der Waals surface area contributed by atoms with E-state index in [0.717, 1.165) is 34.0 Å². The van der Waals surface area contributed by atoms with Gasteiger partial charge in [-0.2, -0.15) is 0 Å². The Labute approximate surface area is 211 Å². The zero-order valence-corrected chi connectivity index (χ0v) is 20.2. The molecule has 6 nitrogen and oxygen atoms in total. The molecule has 0 saturated carbocycles. The van der Waals surface area contributed by atoms with Gasteiger partial charge < -0.3 is 11.3 Å². The van der Waals surface area contributed by atoms with Crippen molar-refractivity contribution in [1.82, 2.24) is 20.9 Å². The lowest BCUT2D eigenvalue weighted by Gasteiger charge is -2.24. The van der Waals surface area contributed by atoms with Crippen molar-refractivity contribution in [2.75, 3.05) is 0 Å². The van der Waals surface area contributed by atoms with Crippen LogP contribution in [0.25, 0.3) is 11.1 Å². The first-order valence-electron chi connectivity index (χ1n) is 10.6. The van der Waals surface area contributed by atoms with Gasteiger partial charge in [0.25, 0.3) is 5.56 Å². The SMILES string of the molecule is N.O=c1[nH]n(C(c2ccccc2)c2ccc(-c3cccnc3)cc2)c([O-])c1Sc1ccccc1Cl. The summed E-state index contributed by atoms with van der Waals surface area (Å²) in [6, 6.07) is 28.1. The van der Waals surface area contributed by atoms with Gasteiger partial charge in [-0.25, -0.2) is 0 Å². The smallest absolute Gasteiger partial charge is 0.277 e. The number of hydrogen-bond donors (Lipinski definition) is 2. The molecule has 8 heteroatoms. The predicted molar refractivity (Wildman–Crippen MR) is 138 cm³/mol. The quantitative estimate of drug-likeness (QED) is 0.300. The largest absolute Gasteiger partial charge is 0.858 e. The summed E-state index contributed by atoms with van der Waals surface area (Å²) in [4.78, 5) is 17.8. The van der Waals surface area contributed by atoms with Crippen LogP contribution in [-0.4, -0.2) is 14.8 Å². The maximum absolute atomic E-state index is 13.4. The van der Waals surface area contributed by atoms with Gasteiger partial charge in [0.05, 0.1) is 16.0 Å². The van der Waals surface area contributed by atoms with Crippen LogP contribution >= 0.6 is 23.4 Å². The lowest BCUT2D eigenvalue weighted by Crippen LogP contribution is -2.18. The highest BCUT2D eigenvalue weighted by atomic mass is 35.5. The van der Waals surface area contributed by atoms with E-state index in [1.807, 2.05) is 72.8 Å². The van der Waals surface area contributed by atoms with E-state index in [0.29, 0.717) is 9.92 Å². The van der Waals surface area contributed by atoms with Crippen LogP contribution in [0.4, 0.5) is 0 Å². The normalized spacial score (nSPS) is 11.6. The molecule has 1 unspecified atom stereocenters. The van der Waals surface area contributed by atoms with Gasteiger partial charge in [0.15, 0.2) is 0 Å². The predicted octanol–water partition coefficient (Wildman–Crippen LogP) is 5.92. The van der Waals surface area contributed by atoms with E-state index in [1.54, 1.807) is 30.6 Å². The number of aromatic amines is 1. The zero-order chi connectivity index (χ0) is 23.5. The molecule has 0 saturated heterocycles. The number of benzene rings is 3. The van der Waals surface area contributed by atoms with E-state index in [2.05, 4.69) is 10.1 Å². The van der Waals surface area contributed by atoms with Gasteiger partial charge in [0.1, 0.15) is 0 Å². The van der Waals surface area contributed by atoms with Crippen molar-refractivity contribution in [1.29, 1.82) is 0 Å². The Hall–Kier alpha value is -3.78. The van der Waals surface area contributed by atoms with Crippen LogP contribution < -0.4 is 16.8 Å². The Morgan fingerprint density at radius 2 is 1.54 bits per heavy atom. The van der Waals surface area contributed by atoms with Crippen molar-refractivity contribution >= 4 is 23.4 Å². The van der Waals surface area contributed by atoms with E-state index in [-0.39, 0.29) is 16.9 Å². The number of hydrogen-bond acceptors (Lipinski definition) is 5. The van der Waals surface area contributed by atoms with Crippen molar-refractivity contribution < 1.29 is 5.11 Å². The maximum atomic E-state index is 13.4. The highest BCUT2D eigenvalue weighted by molar-refractivity contribution is 7.99. The van der Waals surface area contributed by atoms with Crippen LogP contribution in [0.15, 0.2) is 118 Å². The maximum Gasteiger partial charge on any atom is 0.277 e. The fourth-order valence-corrected chi connectivity index (χ4v) is 4.95. The third kappa shape index (κ3) is 5.02. The lowest BCUT2D eigenvalue weighted by atomic mass is 9.96. The minimum atomic E-state index is -0.495. The third-order valence-electron chi connectivity index (χ3n) is 5.48. The average Bonchev–Trinajstić information content (AvgIpc) is 3.15. The van der Waals surface area contributed by atoms with Crippen LogP contribution in [0.2, 0.25) is 5.02 Å². The zero-order valence-electron chi connectivity index (χ0n) is 18.6. The van der Waals surface area contributed by atoms with Crippen LogP contribution in [0.1, 0.15) is 17.2 Å². The Kier molecular flexibility index (Phi) is 7.41. The molecule has 0 spiro atoms. The topological polar surface area (TPSA) is 109 Å². The molecule has 1 atom stereocenters. The molecule has 0 amide bonds. The molecule has 2 aromatic heterocycles. The lowest BCUT2D eigenvalue weighted by molar-refractivity contribution is -0.284. The standard InChI is InChI=1S/C27H20ClN3O2S.H3N/c28-22-10-4-5-11-23(22)34-25-26(32)30-31(27(25)33)24(19-7-2-1-3-8-19)20-14-12-18(13-15-20)21-9-6-16-29-17-21;/h1-17,24,33H,(H,30,32);1H3/p-1. The molecular weight excluding hydrogens is 480 g/mol. The van der Waals surface area contributed by atoms with Crippen molar-refractivity contribution in [3.63, 3.8) is 0 Å². The van der Waals surface area contributed by atoms with Crippen LogP contribution in [0.5, 0.6) is 5.88 Å². The monoisotopic (exact) mass is 501 g/mol. The summed E-state index contributed by atoms with van der Waals surface area (Å²) in [6.45, 7) is 0. The summed E-state index contributed by atoms with van der Waals surface area (Å²) in [5.74, 6) is -0.389. The fourth-order valence-electron chi connectivity index (χ4n) is 3.84. The molecule has 176 valence electrons. The summed E-state index contributed by atoms with van der Waals surface area (Å²) in [5, 5.41) is 16.7. The molecule has 0 aliphatic carbocycles. The van der Waals surface area contributed by atoms with Crippen molar-refractivity contribution in [2.45, 2.75) is 15.8 Å². The number of aromatic nitrogens is 3. The summed E-state index contributed by atoms with van der Waals surface area (Å²) >= 11 is 7.34. The highest BCUT2D eigenvalue weighted by Crippen LogP contribution is 2.37. The van der Waals surface area contributed by atoms with Crippen LogP contribution in [0.3, 0.4) is 0 Å². The van der Waals surface area contributed by atoms with Crippen molar-refractivity contribution in [2.24, 2.45) is 0 Å². The fraction of sp³-hybridized carbons (Fsp3) is 0.0370. The van der Waals surface area contributed by atoms with E-state index in [1.165, 1.54) is 4.68 Å². The van der Waals surface area contributed by atoms with Crippen molar-refractivity contribution in [3.8, 4) is 17.0 Å². The molecule has 3 aromatic carbocycles. The Morgan fingerprint density at radius 3 is 2.23 bits per heavy atom. The molecule has 0 bridgehead atoms. The van der Waals surface area contributed by atoms with E-state index in [4.69, 9.17) is 11.6 Å². The van der Waals surface area contributed by atoms with Crippen molar-refractivity contribution in [3.05, 3.63) is 130 Å². The summed E-state index contributed by atoms with van der Waals surface area (Å²) in [5.41, 5.74) is 3.33. The number of pyridine rings is 1. The number of nitrogens with zero attached hydrogens (tertiary/aromatic N) is 2. The van der Waals surface area contributed by atoms with E-state index < -0.39 is 11.6 Å². The summed E-state index contributed by atoms with van der Waals surface area (Å²) in [7, 11) is 0. The summed E-state index contributed by atoms with van der Waals surface area (Å²) < 4.78 is 1.40. The summed E-state index contributed by atoms with van der Waals surface area (Å²) in [6.07, 6.45) is 3.54. The molecule has 2 heterocycles. The third-order valence-corrected chi connectivity index (χ3v) is 7.07. The number of nitrogens with one attached hydrogen (secondary N) is 1. The van der Waals surface area contributed by atoms with Gasteiger partial charge in [-0.1, -0.05) is 96.2 Å². The van der Waals surface area contributed by atoms with Gasteiger partial charge in [-0.05, 0) is 40.5 Å². The molecule has 0 aliphatic heterocycles. The average molecular weight is 502 g/mol. The molecule has 35 heavy (non-hydrogen) atoms. The second-order valence-electron chi connectivity index (χ2n) is 7.65. The van der Waals surface area contributed by atoms with Gasteiger partial charge in [0.2, 0.25) is 0 Å². The Bertz CT molecular complexity index is 1470. The van der Waals surface area contributed by atoms with Crippen LogP contribution in [0, 0.1) is 0 Å². The second-order valence-corrected chi connectivity index (χ2v) is 9.11. The number of halogens is 1. The number of rotatable bonds is 6. The van der Waals surface area contributed by atoms with Gasteiger partial charge in [-0.3, -0.25) is 19.6 Å². The molecule has 5 aromatic rings. The minimum Gasteiger partial charge on any atom is -0.858 e. The number of H-pyrrole nitrogens is 1. The van der Waals surface area contributed by atoms with Gasteiger partial charge >= 0.3 is 0 Å². The first-order valence-corrected chi connectivity index (χ1v) is 11.8. The molecule has 4 N–H and O–H groups in total. The molecule has 0 aliphatic rings. The first kappa shape index (κ1) is 24.3. The van der Waals surface area contributed by atoms with Crippen LogP contribution in [-0.2, 0) is 0 Å². The van der Waals surface area contributed by atoms with Gasteiger partial charge in [0, 0.05) is 23.2 Å². The highest BCUT2D eigenvalue weighted by Gasteiger charge is 2.21. The first-order chi connectivity index (χ1) is 16.6. The molecule has 5 rings (SSSR count). The molecule has 0 radical (unpaired) electrons. The van der Waals surface area contributed by atoms with E-state index >= 15 is 0 Å².